The van der Waals surface area contributed by atoms with Crippen LogP contribution < -0.4 is 24.3 Å². The molecule has 1 fully saturated rings. The van der Waals surface area contributed by atoms with E-state index in [4.69, 9.17) is 18.9 Å². The van der Waals surface area contributed by atoms with Crippen molar-refractivity contribution in [2.45, 2.75) is 63.5 Å². The van der Waals surface area contributed by atoms with Gasteiger partial charge in [0.25, 0.3) is 0 Å². The third-order valence-corrected chi connectivity index (χ3v) is 8.92. The molecule has 0 spiro atoms. The van der Waals surface area contributed by atoms with E-state index in [0.29, 0.717) is 37.7 Å². The molecule has 0 saturated heterocycles. The lowest BCUT2D eigenvalue weighted by atomic mass is 9.87. The van der Waals surface area contributed by atoms with E-state index in [1.54, 1.807) is 29.2 Å². The standard InChI is InChI=1S/C31H37IN2O9/c1-40-27-12-19(16-36)10-22(32)29(27)43-26-14-21(30(38)33-8-9-35)13-23(28(26)37)34(31(39)20-4-2-3-5-20)15-18-6-7-24-25(11-18)42-17-41-24/h6-7,10-12,14,20,23,26,28,35-37H,2-5,8-9,13,15-17H2,1H3,(H,33,38). The maximum atomic E-state index is 14.1. The number of fused-ring (bicyclic) bond motifs is 1. The number of aliphatic hydroxyl groups excluding tert-OH is 3. The zero-order chi connectivity index (χ0) is 30.5. The van der Waals surface area contributed by atoms with E-state index in [9.17, 15) is 24.9 Å². The van der Waals surface area contributed by atoms with Crippen LogP contribution in [0.4, 0.5) is 0 Å². The highest BCUT2D eigenvalue weighted by Crippen LogP contribution is 2.39. The Morgan fingerprint density at radius 1 is 1.09 bits per heavy atom. The number of carbonyl (C=O) groups is 2. The molecule has 2 amide bonds. The third-order valence-electron chi connectivity index (χ3n) is 8.12. The number of halogens is 1. The van der Waals surface area contributed by atoms with Crippen LogP contribution in [-0.4, -0.2) is 77.3 Å². The number of benzene rings is 2. The van der Waals surface area contributed by atoms with Crippen LogP contribution >= 0.6 is 22.6 Å². The normalized spacial score (nSPS) is 21.3. The molecule has 12 heteroatoms. The molecule has 1 aliphatic heterocycles. The molecule has 2 aromatic rings. The first kappa shape index (κ1) is 31.4. The lowest BCUT2D eigenvalue weighted by molar-refractivity contribution is -0.143. The first-order valence-corrected chi connectivity index (χ1v) is 15.5. The van der Waals surface area contributed by atoms with Crippen LogP contribution in [0.5, 0.6) is 23.0 Å². The van der Waals surface area contributed by atoms with Crippen LogP contribution in [0, 0.1) is 9.49 Å². The van der Waals surface area contributed by atoms with Gasteiger partial charge in [0.1, 0.15) is 12.2 Å². The molecule has 3 atom stereocenters. The summed E-state index contributed by atoms with van der Waals surface area (Å²) in [5, 5.41) is 33.5. The SMILES string of the molecule is COc1cc(CO)cc(I)c1OC1C=C(C(=O)NCCO)CC(N(Cc2ccc3c(c2)OCO3)C(=O)C2CCCC2)C1O. The summed E-state index contributed by atoms with van der Waals surface area (Å²) >= 11 is 2.07. The maximum absolute atomic E-state index is 14.1. The van der Waals surface area contributed by atoms with Crippen molar-refractivity contribution in [1.29, 1.82) is 0 Å². The van der Waals surface area contributed by atoms with Gasteiger partial charge in [-0.15, -0.1) is 0 Å². The lowest BCUT2D eigenvalue weighted by Gasteiger charge is -2.41. The molecule has 3 aliphatic rings. The fourth-order valence-corrected chi connectivity index (χ4v) is 6.69. The van der Waals surface area contributed by atoms with Crippen LogP contribution in [0.25, 0.3) is 0 Å². The predicted molar refractivity (Wildman–Crippen MR) is 164 cm³/mol. The first-order chi connectivity index (χ1) is 20.8. The molecule has 2 aliphatic carbocycles. The van der Waals surface area contributed by atoms with E-state index in [2.05, 4.69) is 27.9 Å². The molecule has 3 unspecified atom stereocenters. The Labute approximate surface area is 263 Å². The topological polar surface area (TPSA) is 147 Å². The maximum Gasteiger partial charge on any atom is 0.247 e. The van der Waals surface area contributed by atoms with E-state index >= 15 is 0 Å². The molecule has 0 radical (unpaired) electrons. The van der Waals surface area contributed by atoms with Crippen LogP contribution in [0.2, 0.25) is 0 Å². The molecule has 2 aromatic carbocycles. The molecule has 5 rings (SSSR count). The molecule has 43 heavy (non-hydrogen) atoms. The van der Waals surface area contributed by atoms with Crippen LogP contribution in [0.3, 0.4) is 0 Å². The van der Waals surface area contributed by atoms with Gasteiger partial charge in [-0.3, -0.25) is 9.59 Å². The fraction of sp³-hybridized carbons (Fsp3) is 0.484. The van der Waals surface area contributed by atoms with E-state index in [1.165, 1.54) is 7.11 Å². The average Bonchev–Trinajstić information content (AvgIpc) is 3.72. The Balaban J connectivity index is 1.51. The summed E-state index contributed by atoms with van der Waals surface area (Å²) in [4.78, 5) is 29.0. The highest BCUT2D eigenvalue weighted by atomic mass is 127. The predicted octanol–water partition coefficient (Wildman–Crippen LogP) is 2.66. The van der Waals surface area contributed by atoms with Gasteiger partial charge in [0.05, 0.1) is 29.9 Å². The zero-order valence-electron chi connectivity index (χ0n) is 24.0. The number of nitrogens with zero attached hydrogens (tertiary/aromatic N) is 1. The second-order valence-electron chi connectivity index (χ2n) is 10.9. The Bertz CT molecular complexity index is 1360. The van der Waals surface area contributed by atoms with Gasteiger partial charge in [-0.25, -0.2) is 0 Å². The van der Waals surface area contributed by atoms with E-state index in [-0.39, 0.29) is 51.3 Å². The summed E-state index contributed by atoms with van der Waals surface area (Å²) in [5.41, 5.74) is 1.77. The number of aliphatic hydroxyl groups is 3. The summed E-state index contributed by atoms with van der Waals surface area (Å²) in [5.74, 6) is 1.27. The molecular weight excluding hydrogens is 671 g/mol. The number of rotatable bonds is 11. The van der Waals surface area contributed by atoms with Crippen molar-refractivity contribution in [2.75, 3.05) is 27.1 Å². The quantitative estimate of drug-likeness (QED) is 0.259. The van der Waals surface area contributed by atoms with Gasteiger partial charge in [-0.05, 0) is 76.9 Å². The molecule has 0 aromatic heterocycles. The second-order valence-corrected chi connectivity index (χ2v) is 12.1. The number of methoxy groups -OCH3 is 1. The number of amides is 2. The van der Waals surface area contributed by atoms with Gasteiger partial charge in [0.2, 0.25) is 18.6 Å². The van der Waals surface area contributed by atoms with Crippen molar-refractivity contribution >= 4 is 34.4 Å². The minimum absolute atomic E-state index is 0.0607. The van der Waals surface area contributed by atoms with Crippen molar-refractivity contribution in [3.63, 3.8) is 0 Å². The van der Waals surface area contributed by atoms with Crippen molar-refractivity contribution < 1.29 is 43.9 Å². The Hall–Kier alpha value is -3.07. The van der Waals surface area contributed by atoms with Crippen molar-refractivity contribution in [3.05, 3.63) is 56.7 Å². The summed E-state index contributed by atoms with van der Waals surface area (Å²) in [6.07, 6.45) is 2.94. The van der Waals surface area contributed by atoms with E-state index in [0.717, 1.165) is 31.2 Å². The monoisotopic (exact) mass is 708 g/mol. The number of hydrogen-bond acceptors (Lipinski definition) is 9. The van der Waals surface area contributed by atoms with Gasteiger partial charge in [0, 0.05) is 31.0 Å². The second kappa shape index (κ2) is 14.1. The molecule has 0 bridgehead atoms. The Morgan fingerprint density at radius 3 is 2.58 bits per heavy atom. The van der Waals surface area contributed by atoms with Gasteiger partial charge in [0.15, 0.2) is 23.0 Å². The van der Waals surface area contributed by atoms with Crippen molar-refractivity contribution in [1.82, 2.24) is 10.2 Å². The summed E-state index contributed by atoms with van der Waals surface area (Å²) in [6.45, 7) is -0.0341. The molecule has 4 N–H and O–H groups in total. The number of carbonyl (C=O) groups excluding carboxylic acids is 2. The fourth-order valence-electron chi connectivity index (χ4n) is 5.90. The summed E-state index contributed by atoms with van der Waals surface area (Å²) in [6, 6.07) is 8.12. The Kier molecular flexibility index (Phi) is 10.3. The van der Waals surface area contributed by atoms with Crippen LogP contribution in [-0.2, 0) is 22.7 Å². The smallest absolute Gasteiger partial charge is 0.247 e. The van der Waals surface area contributed by atoms with Crippen LogP contribution in [0.15, 0.2) is 42.0 Å². The van der Waals surface area contributed by atoms with Gasteiger partial charge >= 0.3 is 0 Å². The van der Waals surface area contributed by atoms with Crippen LogP contribution in [0.1, 0.15) is 43.2 Å². The van der Waals surface area contributed by atoms with Gasteiger partial charge in [-0.1, -0.05) is 18.9 Å². The molecule has 1 saturated carbocycles. The van der Waals surface area contributed by atoms with Crippen molar-refractivity contribution in [2.24, 2.45) is 5.92 Å². The average molecular weight is 709 g/mol. The largest absolute Gasteiger partial charge is 0.493 e. The number of nitrogens with one attached hydrogen (secondary N) is 1. The highest BCUT2D eigenvalue weighted by Gasteiger charge is 2.42. The minimum atomic E-state index is -1.19. The first-order valence-electron chi connectivity index (χ1n) is 14.4. The molecular formula is C31H37IN2O9. The number of ether oxygens (including phenoxy) is 4. The lowest BCUT2D eigenvalue weighted by Crippen LogP contribution is -2.55. The van der Waals surface area contributed by atoms with Gasteiger partial charge < -0.3 is 44.5 Å². The van der Waals surface area contributed by atoms with E-state index in [1.807, 2.05) is 12.1 Å². The number of hydrogen-bond donors (Lipinski definition) is 4. The molecule has 11 nitrogen and oxygen atoms in total. The zero-order valence-corrected chi connectivity index (χ0v) is 26.1. The summed E-state index contributed by atoms with van der Waals surface area (Å²) < 4.78 is 23.5. The summed E-state index contributed by atoms with van der Waals surface area (Å²) in [7, 11) is 1.48. The Morgan fingerprint density at radius 2 is 1.86 bits per heavy atom. The minimum Gasteiger partial charge on any atom is -0.493 e. The van der Waals surface area contributed by atoms with Gasteiger partial charge in [-0.2, -0.15) is 0 Å². The van der Waals surface area contributed by atoms with Crippen molar-refractivity contribution in [3.8, 4) is 23.0 Å². The molecule has 232 valence electrons. The van der Waals surface area contributed by atoms with E-state index < -0.39 is 24.2 Å². The third kappa shape index (κ3) is 7.03. The highest BCUT2D eigenvalue weighted by molar-refractivity contribution is 14.1. The molecule has 1 heterocycles.